The Bertz CT molecular complexity index is 803. The number of rotatable bonds is 7. The highest BCUT2D eigenvalue weighted by molar-refractivity contribution is 5.50. The molecule has 0 fully saturated rings. The van der Waals surface area contributed by atoms with E-state index in [-0.39, 0.29) is 23.4 Å². The minimum atomic E-state index is -0.373. The highest BCUT2D eigenvalue weighted by Gasteiger charge is 2.22. The molecule has 0 aromatic heterocycles. The van der Waals surface area contributed by atoms with Crippen molar-refractivity contribution in [1.29, 1.82) is 0 Å². The van der Waals surface area contributed by atoms with Gasteiger partial charge in [0.2, 0.25) is 0 Å². The van der Waals surface area contributed by atoms with Crippen molar-refractivity contribution < 1.29 is 14.4 Å². The van der Waals surface area contributed by atoms with Crippen molar-refractivity contribution in [2.45, 2.75) is 46.4 Å². The van der Waals surface area contributed by atoms with E-state index in [0.717, 1.165) is 17.5 Å². The largest absolute Gasteiger partial charge is 0.467 e. The van der Waals surface area contributed by atoms with E-state index in [9.17, 15) is 10.1 Å². The summed E-state index contributed by atoms with van der Waals surface area (Å²) in [5.74, 6) is 1.07. The lowest BCUT2D eigenvalue weighted by Gasteiger charge is -2.25. The van der Waals surface area contributed by atoms with Gasteiger partial charge in [-0.25, -0.2) is 0 Å². The van der Waals surface area contributed by atoms with Gasteiger partial charge >= 0.3 is 0 Å². The van der Waals surface area contributed by atoms with E-state index >= 15 is 0 Å². The molecular weight excluding hydrogens is 344 g/mol. The molecule has 0 saturated heterocycles. The second-order valence-electron chi connectivity index (χ2n) is 7.16. The van der Waals surface area contributed by atoms with Gasteiger partial charge in [-0.15, -0.1) is 0 Å². The maximum Gasteiger partial charge on any atom is 0.270 e. The van der Waals surface area contributed by atoms with Crippen LogP contribution in [-0.2, 0) is 24.3 Å². The molecule has 1 N–H and O–H groups in total. The number of nitro groups is 1. The first kappa shape index (κ1) is 19.3. The van der Waals surface area contributed by atoms with Crippen molar-refractivity contribution in [3.05, 3.63) is 68.8 Å². The third-order valence-corrected chi connectivity index (χ3v) is 4.91. The second kappa shape index (κ2) is 8.50. The molecule has 2 aromatic rings. The smallest absolute Gasteiger partial charge is 0.270 e. The SMILES string of the molecule is CCc1ccc([C@@H](NCc2cc([N+](=O)[O-])cc3c2OCOC3)C(C)C)cc1. The topological polar surface area (TPSA) is 73.6 Å². The van der Waals surface area contributed by atoms with Crippen LogP contribution >= 0.6 is 0 Å². The van der Waals surface area contributed by atoms with Gasteiger partial charge in [-0.3, -0.25) is 10.1 Å². The van der Waals surface area contributed by atoms with Crippen LogP contribution in [0.2, 0.25) is 0 Å². The number of ether oxygens (including phenoxy) is 2. The molecule has 0 saturated carbocycles. The molecule has 144 valence electrons. The molecule has 0 radical (unpaired) electrons. The van der Waals surface area contributed by atoms with Crippen LogP contribution in [0.25, 0.3) is 0 Å². The first-order valence-corrected chi connectivity index (χ1v) is 9.32. The van der Waals surface area contributed by atoms with Crippen LogP contribution < -0.4 is 10.1 Å². The van der Waals surface area contributed by atoms with Gasteiger partial charge in [-0.1, -0.05) is 45.0 Å². The average molecular weight is 370 g/mol. The molecule has 0 bridgehead atoms. The highest BCUT2D eigenvalue weighted by atomic mass is 16.7. The van der Waals surface area contributed by atoms with E-state index in [4.69, 9.17) is 9.47 Å². The molecule has 1 aliphatic rings. The monoisotopic (exact) mass is 370 g/mol. The van der Waals surface area contributed by atoms with Gasteiger partial charge in [0.05, 0.1) is 11.5 Å². The Hall–Kier alpha value is -2.44. The summed E-state index contributed by atoms with van der Waals surface area (Å²) in [4.78, 5) is 10.9. The maximum absolute atomic E-state index is 11.3. The molecule has 0 spiro atoms. The van der Waals surface area contributed by atoms with Crippen LogP contribution in [0.15, 0.2) is 36.4 Å². The maximum atomic E-state index is 11.3. The normalized spacial score (nSPS) is 14.5. The summed E-state index contributed by atoms with van der Waals surface area (Å²) < 4.78 is 10.9. The zero-order valence-electron chi connectivity index (χ0n) is 16.0. The summed E-state index contributed by atoms with van der Waals surface area (Å²) in [5, 5.41) is 14.8. The van der Waals surface area contributed by atoms with Crippen molar-refractivity contribution in [2.75, 3.05) is 6.79 Å². The van der Waals surface area contributed by atoms with Crippen LogP contribution in [-0.4, -0.2) is 11.7 Å². The summed E-state index contributed by atoms with van der Waals surface area (Å²) >= 11 is 0. The molecule has 6 heteroatoms. The van der Waals surface area contributed by atoms with Gasteiger partial charge in [0, 0.05) is 35.8 Å². The summed E-state index contributed by atoms with van der Waals surface area (Å²) in [6.45, 7) is 7.46. The quantitative estimate of drug-likeness (QED) is 0.573. The third-order valence-electron chi connectivity index (χ3n) is 4.91. The fourth-order valence-corrected chi connectivity index (χ4v) is 3.44. The van der Waals surface area contributed by atoms with Gasteiger partial charge in [0.1, 0.15) is 5.75 Å². The molecule has 6 nitrogen and oxygen atoms in total. The van der Waals surface area contributed by atoms with E-state index in [0.29, 0.717) is 24.8 Å². The van der Waals surface area contributed by atoms with Gasteiger partial charge < -0.3 is 14.8 Å². The number of nitrogens with one attached hydrogen (secondary N) is 1. The number of hydrogen-bond donors (Lipinski definition) is 1. The lowest BCUT2D eigenvalue weighted by molar-refractivity contribution is -0.385. The van der Waals surface area contributed by atoms with Crippen molar-refractivity contribution in [1.82, 2.24) is 5.32 Å². The predicted molar refractivity (Wildman–Crippen MR) is 104 cm³/mol. The Kier molecular flexibility index (Phi) is 6.08. The van der Waals surface area contributed by atoms with Crippen molar-refractivity contribution in [3.63, 3.8) is 0 Å². The second-order valence-corrected chi connectivity index (χ2v) is 7.16. The number of hydrogen-bond acceptors (Lipinski definition) is 5. The molecule has 0 unspecified atom stereocenters. The summed E-state index contributed by atoms with van der Waals surface area (Å²) in [6, 6.07) is 11.9. The molecule has 0 aliphatic carbocycles. The summed E-state index contributed by atoms with van der Waals surface area (Å²) in [7, 11) is 0. The van der Waals surface area contributed by atoms with Crippen molar-refractivity contribution in [2.24, 2.45) is 5.92 Å². The Morgan fingerprint density at radius 2 is 1.96 bits per heavy atom. The van der Waals surface area contributed by atoms with E-state index in [1.54, 1.807) is 6.07 Å². The van der Waals surface area contributed by atoms with Crippen molar-refractivity contribution in [3.8, 4) is 5.75 Å². The standard InChI is InChI=1S/C21H26N2O4/c1-4-15-5-7-16(8-6-15)20(14(2)3)22-11-17-9-19(23(24)25)10-18-12-26-13-27-21(17)18/h5-10,14,20,22H,4,11-13H2,1-3H3/t20-/m0/s1. The summed E-state index contributed by atoms with van der Waals surface area (Å²) in [6.07, 6.45) is 1.01. The van der Waals surface area contributed by atoms with Crippen LogP contribution in [0.1, 0.15) is 49.1 Å². The number of fused-ring (bicyclic) bond motifs is 1. The number of benzene rings is 2. The fraction of sp³-hybridized carbons (Fsp3) is 0.429. The highest BCUT2D eigenvalue weighted by Crippen LogP contribution is 2.33. The lowest BCUT2D eigenvalue weighted by Crippen LogP contribution is -2.26. The van der Waals surface area contributed by atoms with E-state index in [1.165, 1.54) is 17.2 Å². The molecule has 1 heterocycles. The molecule has 1 aliphatic heterocycles. The molecule has 0 amide bonds. The Balaban J connectivity index is 1.84. The molecular formula is C21H26N2O4. The molecule has 1 atom stereocenters. The Labute approximate surface area is 159 Å². The number of nitro benzene ring substituents is 1. The van der Waals surface area contributed by atoms with Crippen LogP contribution in [0.5, 0.6) is 5.75 Å². The van der Waals surface area contributed by atoms with Crippen LogP contribution in [0.4, 0.5) is 5.69 Å². The van der Waals surface area contributed by atoms with Gasteiger partial charge in [0.25, 0.3) is 5.69 Å². The number of non-ortho nitro benzene ring substituents is 1. The van der Waals surface area contributed by atoms with Crippen LogP contribution in [0.3, 0.4) is 0 Å². The lowest BCUT2D eigenvalue weighted by atomic mass is 9.94. The van der Waals surface area contributed by atoms with Gasteiger partial charge in [0.15, 0.2) is 6.79 Å². The summed E-state index contributed by atoms with van der Waals surface area (Å²) in [5.41, 5.74) is 4.10. The van der Waals surface area contributed by atoms with E-state index in [2.05, 4.69) is 50.4 Å². The fourth-order valence-electron chi connectivity index (χ4n) is 3.44. The third kappa shape index (κ3) is 4.46. The molecule has 3 rings (SSSR count). The molecule has 2 aromatic carbocycles. The van der Waals surface area contributed by atoms with E-state index in [1.807, 2.05) is 0 Å². The molecule has 27 heavy (non-hydrogen) atoms. The first-order chi connectivity index (χ1) is 13.0. The average Bonchev–Trinajstić information content (AvgIpc) is 2.68. The number of aryl methyl sites for hydroxylation is 1. The minimum absolute atomic E-state index is 0.0630. The number of nitrogens with zero attached hydrogens (tertiary/aromatic N) is 1. The first-order valence-electron chi connectivity index (χ1n) is 9.32. The Morgan fingerprint density at radius 3 is 2.59 bits per heavy atom. The van der Waals surface area contributed by atoms with Gasteiger partial charge in [-0.2, -0.15) is 0 Å². The predicted octanol–water partition coefficient (Wildman–Crippen LogP) is 4.51. The van der Waals surface area contributed by atoms with Crippen molar-refractivity contribution >= 4 is 5.69 Å². The zero-order chi connectivity index (χ0) is 19.4. The Morgan fingerprint density at radius 1 is 1.22 bits per heavy atom. The minimum Gasteiger partial charge on any atom is -0.467 e. The van der Waals surface area contributed by atoms with Gasteiger partial charge in [-0.05, 0) is 23.5 Å². The zero-order valence-corrected chi connectivity index (χ0v) is 16.0. The van der Waals surface area contributed by atoms with Crippen LogP contribution in [0, 0.1) is 16.0 Å². The van der Waals surface area contributed by atoms with E-state index < -0.39 is 0 Å².